The predicted octanol–water partition coefficient (Wildman–Crippen LogP) is 3.52. The van der Waals surface area contributed by atoms with Crippen molar-refractivity contribution >= 4 is 6.21 Å². The molecule has 2 aromatic rings. The van der Waals surface area contributed by atoms with Crippen molar-refractivity contribution in [2.75, 3.05) is 0 Å². The summed E-state index contributed by atoms with van der Waals surface area (Å²) in [6.07, 6.45) is 1.33. The molecule has 3 heteroatoms. The summed E-state index contributed by atoms with van der Waals surface area (Å²) >= 11 is 0. The molecule has 19 heavy (non-hydrogen) atoms. The van der Waals surface area contributed by atoms with Crippen molar-refractivity contribution in [3.05, 3.63) is 58.7 Å². The number of aromatic hydroxyl groups is 1. The highest BCUT2D eigenvalue weighted by Gasteiger charge is 2.20. The topological polar surface area (TPSA) is 41.8 Å². The van der Waals surface area contributed by atoms with Gasteiger partial charge in [-0.3, -0.25) is 0 Å². The molecule has 0 fully saturated rings. The lowest BCUT2D eigenvalue weighted by atomic mass is 10.1. The first-order valence-electron chi connectivity index (χ1n) is 6.23. The number of rotatable bonds is 1. The van der Waals surface area contributed by atoms with Crippen LogP contribution in [0.4, 0.5) is 0 Å². The molecule has 96 valence electrons. The first kappa shape index (κ1) is 11.8. The third kappa shape index (κ3) is 2.19. The molecule has 0 saturated carbocycles. The van der Waals surface area contributed by atoms with Gasteiger partial charge < -0.3 is 9.84 Å². The van der Waals surface area contributed by atoms with Crippen LogP contribution in [0.1, 0.15) is 28.5 Å². The summed E-state index contributed by atoms with van der Waals surface area (Å²) < 4.78 is 5.85. The second kappa shape index (κ2) is 4.43. The highest BCUT2D eigenvalue weighted by molar-refractivity contribution is 5.85. The molecule has 1 N–H and O–H groups in total. The quantitative estimate of drug-likeness (QED) is 0.844. The molecule has 1 unspecified atom stereocenters. The van der Waals surface area contributed by atoms with Crippen LogP contribution in [0.5, 0.6) is 11.5 Å². The minimum atomic E-state index is -0.477. The largest absolute Gasteiger partial charge is 0.507 e. The van der Waals surface area contributed by atoms with Crippen molar-refractivity contribution in [1.29, 1.82) is 0 Å². The number of benzene rings is 2. The zero-order valence-corrected chi connectivity index (χ0v) is 10.9. The van der Waals surface area contributed by atoms with Gasteiger partial charge in [0.2, 0.25) is 6.23 Å². The Morgan fingerprint density at radius 3 is 2.63 bits per heavy atom. The summed E-state index contributed by atoms with van der Waals surface area (Å²) in [4.78, 5) is 4.38. The van der Waals surface area contributed by atoms with E-state index in [1.54, 1.807) is 12.3 Å². The third-order valence-corrected chi connectivity index (χ3v) is 3.20. The lowest BCUT2D eigenvalue weighted by Crippen LogP contribution is -2.11. The fraction of sp³-hybridized carbons (Fsp3) is 0.188. The van der Waals surface area contributed by atoms with Gasteiger partial charge in [-0.1, -0.05) is 23.3 Å². The summed E-state index contributed by atoms with van der Waals surface area (Å²) in [6.45, 7) is 4.01. The van der Waals surface area contributed by atoms with Crippen LogP contribution in [0, 0.1) is 13.8 Å². The lowest BCUT2D eigenvalue weighted by molar-refractivity contribution is 0.207. The molecule has 1 aliphatic rings. The van der Waals surface area contributed by atoms with E-state index in [2.05, 4.69) is 4.99 Å². The number of fused-ring (bicyclic) bond motifs is 1. The first-order valence-corrected chi connectivity index (χ1v) is 6.23. The Morgan fingerprint density at radius 1 is 1.05 bits per heavy atom. The molecule has 1 atom stereocenters. The van der Waals surface area contributed by atoms with Crippen LogP contribution in [-0.2, 0) is 0 Å². The Bertz CT molecular complexity index is 662. The molecule has 0 aromatic heterocycles. The minimum Gasteiger partial charge on any atom is -0.507 e. The number of phenols is 1. The second-order valence-corrected chi connectivity index (χ2v) is 4.85. The molecule has 3 nitrogen and oxygen atoms in total. The van der Waals surface area contributed by atoms with E-state index in [0.717, 1.165) is 16.9 Å². The Hall–Kier alpha value is -2.29. The van der Waals surface area contributed by atoms with Gasteiger partial charge >= 0.3 is 0 Å². The summed E-state index contributed by atoms with van der Waals surface area (Å²) in [5, 5.41) is 9.93. The number of ether oxygens (including phenoxy) is 1. The van der Waals surface area contributed by atoms with Crippen molar-refractivity contribution in [3.63, 3.8) is 0 Å². The van der Waals surface area contributed by atoms with Gasteiger partial charge in [0, 0.05) is 11.8 Å². The standard InChI is InChI=1S/C16H15NO2/c1-10-4-6-15-12(7-10)9-17-16(19-15)13-8-11(2)3-5-14(13)18/h3-9,16,18H,1-2H3. The van der Waals surface area contributed by atoms with Crippen molar-refractivity contribution in [2.45, 2.75) is 20.1 Å². The minimum absolute atomic E-state index is 0.211. The summed E-state index contributed by atoms with van der Waals surface area (Å²) in [5.41, 5.74) is 3.91. The molecule has 0 saturated heterocycles. The number of aryl methyl sites for hydroxylation is 2. The smallest absolute Gasteiger partial charge is 0.219 e. The van der Waals surface area contributed by atoms with Gasteiger partial charge in [-0.25, -0.2) is 4.99 Å². The van der Waals surface area contributed by atoms with Crippen LogP contribution in [-0.4, -0.2) is 11.3 Å². The predicted molar refractivity (Wildman–Crippen MR) is 75.0 cm³/mol. The number of nitrogens with zero attached hydrogens (tertiary/aromatic N) is 1. The molecule has 2 aromatic carbocycles. The van der Waals surface area contributed by atoms with E-state index in [-0.39, 0.29) is 5.75 Å². The second-order valence-electron chi connectivity index (χ2n) is 4.85. The average Bonchev–Trinajstić information content (AvgIpc) is 2.41. The zero-order chi connectivity index (χ0) is 13.4. The highest BCUT2D eigenvalue weighted by atomic mass is 16.5. The van der Waals surface area contributed by atoms with E-state index in [1.165, 1.54) is 5.56 Å². The van der Waals surface area contributed by atoms with E-state index in [0.29, 0.717) is 5.56 Å². The van der Waals surface area contributed by atoms with E-state index >= 15 is 0 Å². The molecule has 1 aliphatic heterocycles. The Balaban J connectivity index is 1.98. The van der Waals surface area contributed by atoms with Gasteiger partial charge in [0.05, 0.1) is 5.56 Å². The van der Waals surface area contributed by atoms with Crippen LogP contribution in [0.25, 0.3) is 0 Å². The van der Waals surface area contributed by atoms with Gasteiger partial charge in [-0.15, -0.1) is 0 Å². The van der Waals surface area contributed by atoms with Crippen molar-refractivity contribution in [1.82, 2.24) is 0 Å². The lowest BCUT2D eigenvalue weighted by Gasteiger charge is -2.22. The van der Waals surface area contributed by atoms with Gasteiger partial charge in [0.25, 0.3) is 0 Å². The maximum absolute atomic E-state index is 9.93. The van der Waals surface area contributed by atoms with Crippen LogP contribution >= 0.6 is 0 Å². The number of hydrogen-bond donors (Lipinski definition) is 1. The van der Waals surface area contributed by atoms with Crippen molar-refractivity contribution in [3.8, 4) is 11.5 Å². The zero-order valence-electron chi connectivity index (χ0n) is 10.9. The molecular weight excluding hydrogens is 238 g/mol. The molecule has 0 bridgehead atoms. The fourth-order valence-corrected chi connectivity index (χ4v) is 2.19. The van der Waals surface area contributed by atoms with Gasteiger partial charge in [-0.2, -0.15) is 0 Å². The molecular formula is C16H15NO2. The third-order valence-electron chi connectivity index (χ3n) is 3.20. The van der Waals surface area contributed by atoms with E-state index in [1.807, 2.05) is 44.2 Å². The van der Waals surface area contributed by atoms with E-state index in [9.17, 15) is 5.11 Å². The van der Waals surface area contributed by atoms with Crippen molar-refractivity contribution in [2.24, 2.45) is 4.99 Å². The Labute approximate surface area is 112 Å². The maximum atomic E-state index is 9.93. The highest BCUT2D eigenvalue weighted by Crippen LogP contribution is 2.34. The maximum Gasteiger partial charge on any atom is 0.219 e. The molecule has 0 amide bonds. The summed E-state index contributed by atoms with van der Waals surface area (Å²) in [5.74, 6) is 1.01. The molecule has 0 aliphatic carbocycles. The summed E-state index contributed by atoms with van der Waals surface area (Å²) in [7, 11) is 0. The fourth-order valence-electron chi connectivity index (χ4n) is 2.19. The first-order chi connectivity index (χ1) is 9.13. The van der Waals surface area contributed by atoms with Gasteiger partial charge in [-0.05, 0) is 38.1 Å². The summed E-state index contributed by atoms with van der Waals surface area (Å²) in [6, 6.07) is 11.4. The SMILES string of the molecule is Cc1ccc2c(c1)C=NC(c1cc(C)ccc1O)O2. The Kier molecular flexibility index (Phi) is 2.75. The van der Waals surface area contributed by atoms with Crippen LogP contribution in [0.2, 0.25) is 0 Å². The molecule has 3 rings (SSSR count). The van der Waals surface area contributed by atoms with E-state index < -0.39 is 6.23 Å². The molecule has 0 radical (unpaired) electrons. The number of phenolic OH excluding ortho intramolecular Hbond substituents is 1. The van der Waals surface area contributed by atoms with Crippen LogP contribution in [0.15, 0.2) is 41.4 Å². The monoisotopic (exact) mass is 253 g/mol. The van der Waals surface area contributed by atoms with Gasteiger partial charge in [0.1, 0.15) is 11.5 Å². The molecule has 1 heterocycles. The Morgan fingerprint density at radius 2 is 1.79 bits per heavy atom. The average molecular weight is 253 g/mol. The van der Waals surface area contributed by atoms with E-state index in [4.69, 9.17) is 4.74 Å². The van der Waals surface area contributed by atoms with Crippen LogP contribution in [0.3, 0.4) is 0 Å². The molecule has 0 spiro atoms. The number of aliphatic imine (C=N–C) groups is 1. The van der Waals surface area contributed by atoms with Crippen molar-refractivity contribution < 1.29 is 9.84 Å². The van der Waals surface area contributed by atoms with Gasteiger partial charge in [0.15, 0.2) is 0 Å². The normalized spacial score (nSPS) is 16.8. The number of hydrogen-bond acceptors (Lipinski definition) is 3. The van der Waals surface area contributed by atoms with Crippen LogP contribution < -0.4 is 4.74 Å².